The van der Waals surface area contributed by atoms with Gasteiger partial charge in [-0.3, -0.25) is 24.6 Å². The number of hydrogen-bond donors (Lipinski definition) is 4. The lowest BCUT2D eigenvalue weighted by Crippen LogP contribution is -2.55. The molecule has 2 aromatic heterocycles. The number of ether oxygens (including phenoxy) is 1. The van der Waals surface area contributed by atoms with E-state index in [-0.39, 0.29) is 64.6 Å². The second-order valence-corrected chi connectivity index (χ2v) is 21.8. The van der Waals surface area contributed by atoms with E-state index in [4.69, 9.17) is 30.8 Å². The van der Waals surface area contributed by atoms with Crippen molar-refractivity contribution in [3.8, 4) is 16.2 Å². The van der Waals surface area contributed by atoms with E-state index in [1.54, 1.807) is 45.6 Å². The smallest absolute Gasteiger partial charge is 0.349 e. The average Bonchev–Trinajstić information content (AvgIpc) is 3.97. The lowest BCUT2D eigenvalue weighted by molar-refractivity contribution is -0.139. The number of aliphatic carboxylic acids is 1. The van der Waals surface area contributed by atoms with E-state index in [0.717, 1.165) is 46.2 Å². The third kappa shape index (κ3) is 8.65. The van der Waals surface area contributed by atoms with Crippen LogP contribution in [0.3, 0.4) is 0 Å². The van der Waals surface area contributed by atoms with Gasteiger partial charge < -0.3 is 29.6 Å². The Hall–Kier alpha value is -6.54. The van der Waals surface area contributed by atoms with Crippen molar-refractivity contribution in [3.05, 3.63) is 99.4 Å². The second-order valence-electron chi connectivity index (χ2n) is 18.6. The number of thiophene rings is 1. The molecule has 0 bridgehead atoms. The number of rotatable bonds is 13. The first-order valence-corrected chi connectivity index (χ1v) is 25.4. The number of nitrogens with zero attached hydrogens (tertiary/aromatic N) is 4. The molecule has 6 heterocycles. The number of benzene rings is 4. The molecule has 20 heteroatoms. The number of hydrogen-bond acceptors (Lipinski definition) is 13. The van der Waals surface area contributed by atoms with Gasteiger partial charge in [0, 0.05) is 54.3 Å². The Labute approximate surface area is 405 Å². The highest BCUT2D eigenvalue weighted by Gasteiger charge is 2.43. The van der Waals surface area contributed by atoms with Gasteiger partial charge >= 0.3 is 11.9 Å². The van der Waals surface area contributed by atoms with Gasteiger partial charge in [0.25, 0.3) is 11.9 Å². The van der Waals surface area contributed by atoms with Crippen molar-refractivity contribution in [1.82, 2.24) is 14.6 Å². The van der Waals surface area contributed by atoms with Gasteiger partial charge in [-0.15, -0.1) is 11.3 Å². The third-order valence-corrected chi connectivity index (χ3v) is 17.3. The summed E-state index contributed by atoms with van der Waals surface area (Å²) in [6.45, 7) is 4.68. The number of halogens is 1. The topological polar surface area (TPSA) is 229 Å². The number of imide groups is 1. The minimum atomic E-state index is -3.78. The van der Waals surface area contributed by atoms with Gasteiger partial charge in [-0.1, -0.05) is 48.0 Å². The Morgan fingerprint density at radius 3 is 2.51 bits per heavy atom. The molecular formula is C49H47ClN6O11S2. The van der Waals surface area contributed by atoms with E-state index in [1.807, 2.05) is 44.2 Å². The van der Waals surface area contributed by atoms with E-state index < -0.39 is 46.1 Å². The van der Waals surface area contributed by atoms with Crippen LogP contribution in [0.15, 0.2) is 77.2 Å². The first-order valence-electron chi connectivity index (χ1n) is 22.6. The zero-order valence-electron chi connectivity index (χ0n) is 37.5. The first-order chi connectivity index (χ1) is 33.0. The molecule has 17 nitrogen and oxygen atoms in total. The Kier molecular flexibility index (Phi) is 11.9. The number of fused-ring (bicyclic) bond motifs is 1. The van der Waals surface area contributed by atoms with E-state index >= 15 is 0 Å². The summed E-state index contributed by atoms with van der Waals surface area (Å²) in [5, 5.41) is 26.5. The monoisotopic (exact) mass is 994 g/mol. The predicted molar refractivity (Wildman–Crippen MR) is 260 cm³/mol. The number of anilines is 3. The molecule has 3 saturated heterocycles. The number of oxazole rings is 1. The van der Waals surface area contributed by atoms with E-state index in [0.29, 0.717) is 70.3 Å². The number of carbonyl (C=O) groups is 5. The summed E-state index contributed by atoms with van der Waals surface area (Å²) in [7, 11) is -3.78. The number of carboxylic acid groups (broad SMARTS) is 2. The van der Waals surface area contributed by atoms with Crippen LogP contribution in [0.5, 0.6) is 5.75 Å². The van der Waals surface area contributed by atoms with Crippen molar-refractivity contribution in [2.75, 3.05) is 41.4 Å². The zero-order chi connectivity index (χ0) is 48.5. The van der Waals surface area contributed by atoms with Gasteiger partial charge in [0.2, 0.25) is 21.8 Å². The predicted octanol–water partition coefficient (Wildman–Crippen LogP) is 7.86. The lowest BCUT2D eigenvalue weighted by atomic mass is 9.85. The molecule has 358 valence electrons. The highest BCUT2D eigenvalue weighted by Crippen LogP contribution is 2.47. The molecule has 4 aliphatic heterocycles. The molecule has 0 spiro atoms. The Morgan fingerprint density at radius 2 is 1.77 bits per heavy atom. The number of aromatic carboxylic acids is 1. The summed E-state index contributed by atoms with van der Waals surface area (Å²) in [6, 6.07) is 21.8. The minimum absolute atomic E-state index is 0.00606. The fourth-order valence-corrected chi connectivity index (χ4v) is 13.8. The first kappa shape index (κ1) is 46.2. The molecule has 4 N–H and O–H groups in total. The molecule has 10 rings (SSSR count). The van der Waals surface area contributed by atoms with Crippen molar-refractivity contribution in [3.63, 3.8) is 0 Å². The molecule has 4 aliphatic rings. The highest BCUT2D eigenvalue weighted by atomic mass is 35.5. The maximum atomic E-state index is 14.1. The van der Waals surface area contributed by atoms with Crippen LogP contribution in [0.1, 0.15) is 89.4 Å². The van der Waals surface area contributed by atoms with Gasteiger partial charge in [0.1, 0.15) is 16.6 Å². The number of nitrogens with one attached hydrogen (secondary N) is 2. The molecule has 2 unspecified atom stereocenters. The molecule has 6 aromatic rings. The summed E-state index contributed by atoms with van der Waals surface area (Å²) < 4.78 is 41.3. The van der Waals surface area contributed by atoms with Crippen molar-refractivity contribution >= 4 is 102 Å². The van der Waals surface area contributed by atoms with Gasteiger partial charge in [0.05, 0.1) is 16.3 Å². The molecular weight excluding hydrogens is 948 g/mol. The van der Waals surface area contributed by atoms with Crippen LogP contribution in [0.4, 0.5) is 17.4 Å². The maximum Gasteiger partial charge on any atom is 0.349 e. The number of carboxylic acids is 2. The molecule has 4 aromatic carbocycles. The van der Waals surface area contributed by atoms with Crippen molar-refractivity contribution < 1.29 is 51.8 Å². The molecule has 3 amide bonds. The Morgan fingerprint density at radius 1 is 0.986 bits per heavy atom. The van der Waals surface area contributed by atoms with Gasteiger partial charge in [-0.2, -0.15) is 9.29 Å². The zero-order valence-corrected chi connectivity index (χ0v) is 39.9. The summed E-state index contributed by atoms with van der Waals surface area (Å²) in [4.78, 5) is 70.1. The van der Waals surface area contributed by atoms with Crippen LogP contribution in [0, 0.1) is 0 Å². The second kappa shape index (κ2) is 17.8. The number of amides is 3. The third-order valence-electron chi connectivity index (χ3n) is 13.6. The number of aromatic nitrogens is 1. The van der Waals surface area contributed by atoms with Crippen molar-refractivity contribution in [2.24, 2.45) is 0 Å². The van der Waals surface area contributed by atoms with Crippen LogP contribution in [-0.2, 0) is 30.2 Å². The number of piperidine rings is 3. The van der Waals surface area contributed by atoms with Crippen molar-refractivity contribution in [1.29, 1.82) is 0 Å². The van der Waals surface area contributed by atoms with Crippen molar-refractivity contribution in [2.45, 2.75) is 81.7 Å². The molecule has 2 atom stereocenters. The van der Waals surface area contributed by atoms with Crippen LogP contribution in [0.2, 0.25) is 5.02 Å². The van der Waals surface area contributed by atoms with E-state index in [2.05, 4.69) is 21.6 Å². The quantitative estimate of drug-likeness (QED) is 0.0808. The summed E-state index contributed by atoms with van der Waals surface area (Å²) >= 11 is 7.42. The number of carbonyl (C=O) groups excluding carboxylic acids is 3. The summed E-state index contributed by atoms with van der Waals surface area (Å²) in [5.41, 5.74) is 4.67. The van der Waals surface area contributed by atoms with Gasteiger partial charge in [-0.25, -0.2) is 18.0 Å². The summed E-state index contributed by atoms with van der Waals surface area (Å²) in [5.74, 6) is -3.81. The van der Waals surface area contributed by atoms with Gasteiger partial charge in [-0.05, 0) is 110 Å². The van der Waals surface area contributed by atoms with Crippen LogP contribution in [0.25, 0.3) is 32.3 Å². The van der Waals surface area contributed by atoms with E-state index in [9.17, 15) is 37.5 Å². The summed E-state index contributed by atoms with van der Waals surface area (Å²) in [6.07, 6.45) is 3.07. The normalized spacial score (nSPS) is 19.9. The van der Waals surface area contributed by atoms with Crippen LogP contribution < -0.4 is 25.2 Å². The van der Waals surface area contributed by atoms with E-state index in [1.165, 1.54) is 0 Å². The largest absolute Gasteiger partial charge is 0.479 e. The average molecular weight is 996 g/mol. The molecule has 69 heavy (non-hydrogen) atoms. The minimum Gasteiger partial charge on any atom is -0.479 e. The molecule has 3 fully saturated rings. The fraction of sp³-hybridized carbons (Fsp3) is 0.347. The fourth-order valence-electron chi connectivity index (χ4n) is 10.5. The Bertz CT molecular complexity index is 3230. The SMILES string of the molecule is CC1(C)CC(Nc2cccc(-c3sc(C(=O)O)c(OCC(=O)O)c3Cl)c2)CCN1S(=O)(=O)Cc1ccc2oc(N3CCC(c4ccc5c6c(cccc46)C(=O)N5C4CCC(=O)NC4=O)CC3)nc2c1. The highest BCUT2D eigenvalue weighted by molar-refractivity contribution is 7.88. The lowest BCUT2D eigenvalue weighted by Gasteiger charge is -2.45. The maximum absolute atomic E-state index is 14.1. The Balaban J connectivity index is 0.778. The molecule has 0 saturated carbocycles. The van der Waals surface area contributed by atoms with Gasteiger partial charge in [0.15, 0.2) is 22.8 Å². The number of sulfonamides is 1. The standard InChI is InChI=1S/C49H47ClN6O11S2/c1-49(2)23-30(51-29-6-3-5-28(22-29)43-41(50)42(66-24-39(58)59)44(68-43)47(62)63)17-20-55(49)69(64,65)25-26-9-13-37-34(21-26)52-48(67-37)54-18-15-27(16-19-54)31-10-11-35-40-32(31)7-4-8-33(40)46(61)56(35)36-12-14-38(57)53-45(36)60/h3-11,13,21-22,27,30,36,51H,12,14-20,23-25H2,1-2H3,(H,58,59)(H,62,63)(H,53,57,60). The van der Waals surface area contributed by atoms with Crippen LogP contribution in [-0.4, -0.2) is 101 Å². The van der Waals surface area contributed by atoms with Crippen LogP contribution >= 0.6 is 22.9 Å². The molecule has 0 radical (unpaired) electrons. The molecule has 0 aliphatic carbocycles.